The van der Waals surface area contributed by atoms with Crippen molar-refractivity contribution in [2.45, 2.75) is 26.0 Å². The van der Waals surface area contributed by atoms with Crippen molar-refractivity contribution < 1.29 is 9.47 Å². The lowest BCUT2D eigenvalue weighted by molar-refractivity contribution is 0.121. The van der Waals surface area contributed by atoms with E-state index in [9.17, 15) is 0 Å². The van der Waals surface area contributed by atoms with Gasteiger partial charge < -0.3 is 14.4 Å². The molecule has 4 rings (SSSR count). The molecule has 0 amide bonds. The minimum Gasteiger partial charge on any atom is -0.494 e. The highest BCUT2D eigenvalue weighted by Gasteiger charge is 2.24. The van der Waals surface area contributed by atoms with Gasteiger partial charge in [0.2, 0.25) is 0 Å². The summed E-state index contributed by atoms with van der Waals surface area (Å²) in [5, 5.41) is 0. The first kappa shape index (κ1) is 16.1. The van der Waals surface area contributed by atoms with E-state index in [-0.39, 0.29) is 0 Å². The lowest BCUT2D eigenvalue weighted by atomic mass is 10.0. The molecule has 5 heteroatoms. The first-order valence-corrected chi connectivity index (χ1v) is 8.83. The van der Waals surface area contributed by atoms with Gasteiger partial charge in [0, 0.05) is 37.5 Å². The summed E-state index contributed by atoms with van der Waals surface area (Å²) < 4.78 is 11.1. The number of benzene rings is 1. The molecule has 2 aliphatic rings. The van der Waals surface area contributed by atoms with E-state index in [1.54, 1.807) is 7.11 Å². The van der Waals surface area contributed by atoms with Crippen LogP contribution < -0.4 is 9.64 Å². The molecule has 25 heavy (non-hydrogen) atoms. The number of nitrogens with zero attached hydrogens (tertiary/aromatic N) is 3. The summed E-state index contributed by atoms with van der Waals surface area (Å²) in [4.78, 5) is 11.6. The molecular formula is C20H23N3O2. The van der Waals surface area contributed by atoms with Gasteiger partial charge >= 0.3 is 0 Å². The van der Waals surface area contributed by atoms with E-state index in [4.69, 9.17) is 14.5 Å². The van der Waals surface area contributed by atoms with Crippen LogP contribution in [0.5, 0.6) is 5.75 Å². The Morgan fingerprint density at radius 3 is 2.96 bits per heavy atom. The van der Waals surface area contributed by atoms with Crippen LogP contribution in [-0.2, 0) is 11.3 Å². The van der Waals surface area contributed by atoms with E-state index in [1.165, 1.54) is 11.1 Å². The molecule has 1 aromatic heterocycles. The zero-order chi connectivity index (χ0) is 17.2. The molecule has 0 N–H and O–H groups in total. The molecule has 0 radical (unpaired) electrons. The van der Waals surface area contributed by atoms with Gasteiger partial charge in [0.05, 0.1) is 25.0 Å². The second-order valence-corrected chi connectivity index (χ2v) is 6.41. The minimum atomic E-state index is 0.295. The van der Waals surface area contributed by atoms with Crippen molar-refractivity contribution in [1.29, 1.82) is 0 Å². The Morgan fingerprint density at radius 1 is 1.24 bits per heavy atom. The standard InChI is InChI=1S/C20H23N3O2/c1-3-25-16-5-4-15-12-22-20(18(15)11-16)14-6-8-21-19(10-14)23-9-7-17(13-23)24-2/h4-6,8,10-11,17H,3,7,9,12-13H2,1-2H3/t17-/m0/s1. The number of rotatable bonds is 5. The third kappa shape index (κ3) is 3.12. The van der Waals surface area contributed by atoms with Crippen LogP contribution in [0.4, 0.5) is 5.82 Å². The molecule has 0 bridgehead atoms. The highest BCUT2D eigenvalue weighted by Crippen LogP contribution is 2.28. The second-order valence-electron chi connectivity index (χ2n) is 6.41. The first-order chi connectivity index (χ1) is 12.3. The zero-order valence-electron chi connectivity index (χ0n) is 14.7. The molecule has 5 nitrogen and oxygen atoms in total. The maximum absolute atomic E-state index is 5.66. The molecule has 1 aromatic carbocycles. The molecule has 0 unspecified atom stereocenters. The van der Waals surface area contributed by atoms with Crippen molar-refractivity contribution in [3.8, 4) is 5.75 Å². The van der Waals surface area contributed by atoms with Crippen LogP contribution >= 0.6 is 0 Å². The summed E-state index contributed by atoms with van der Waals surface area (Å²) >= 11 is 0. The van der Waals surface area contributed by atoms with Gasteiger partial charge in [-0.05, 0) is 43.2 Å². The van der Waals surface area contributed by atoms with Gasteiger partial charge in [0.1, 0.15) is 11.6 Å². The Bertz CT molecular complexity index is 803. The van der Waals surface area contributed by atoms with Crippen LogP contribution in [0.1, 0.15) is 30.0 Å². The van der Waals surface area contributed by atoms with Gasteiger partial charge in [-0.2, -0.15) is 0 Å². The lowest BCUT2D eigenvalue weighted by Crippen LogP contribution is -2.23. The number of pyridine rings is 1. The highest BCUT2D eigenvalue weighted by atomic mass is 16.5. The van der Waals surface area contributed by atoms with Crippen molar-refractivity contribution in [2.24, 2.45) is 4.99 Å². The van der Waals surface area contributed by atoms with Crippen LogP contribution in [0.25, 0.3) is 0 Å². The quantitative estimate of drug-likeness (QED) is 0.841. The van der Waals surface area contributed by atoms with Crippen molar-refractivity contribution in [3.05, 3.63) is 53.2 Å². The number of hydrogen-bond acceptors (Lipinski definition) is 5. The van der Waals surface area contributed by atoms with E-state index in [0.717, 1.165) is 48.9 Å². The Kier molecular flexibility index (Phi) is 4.40. The maximum Gasteiger partial charge on any atom is 0.129 e. The van der Waals surface area contributed by atoms with Gasteiger partial charge in [-0.15, -0.1) is 0 Å². The highest BCUT2D eigenvalue weighted by molar-refractivity contribution is 6.15. The molecule has 1 saturated heterocycles. The van der Waals surface area contributed by atoms with E-state index < -0.39 is 0 Å². The lowest BCUT2D eigenvalue weighted by Gasteiger charge is -2.18. The molecule has 1 fully saturated rings. The number of aliphatic imine (C=N–C) groups is 1. The summed E-state index contributed by atoms with van der Waals surface area (Å²) in [7, 11) is 1.78. The van der Waals surface area contributed by atoms with E-state index in [2.05, 4.69) is 28.1 Å². The summed E-state index contributed by atoms with van der Waals surface area (Å²) in [5.41, 5.74) is 4.55. The molecule has 0 saturated carbocycles. The molecule has 0 aliphatic carbocycles. The SMILES string of the molecule is CCOc1ccc2c(c1)C(c1ccnc(N3CC[C@H](OC)C3)c1)=NC2. The number of aromatic nitrogens is 1. The monoisotopic (exact) mass is 337 g/mol. The average Bonchev–Trinajstić information content (AvgIpc) is 3.29. The van der Waals surface area contributed by atoms with Gasteiger partial charge in [-0.25, -0.2) is 4.98 Å². The fourth-order valence-electron chi connectivity index (χ4n) is 3.53. The van der Waals surface area contributed by atoms with Crippen molar-refractivity contribution in [1.82, 2.24) is 4.98 Å². The number of hydrogen-bond donors (Lipinski definition) is 0. The van der Waals surface area contributed by atoms with Crippen molar-refractivity contribution >= 4 is 11.5 Å². The molecule has 2 aliphatic heterocycles. The maximum atomic E-state index is 5.66. The van der Waals surface area contributed by atoms with Crippen LogP contribution in [-0.4, -0.2) is 43.6 Å². The predicted octanol–water partition coefficient (Wildman–Crippen LogP) is 3.06. The molecule has 2 aromatic rings. The van der Waals surface area contributed by atoms with E-state index in [1.807, 2.05) is 25.3 Å². The third-order valence-electron chi connectivity index (χ3n) is 4.88. The fourth-order valence-corrected chi connectivity index (χ4v) is 3.53. The smallest absolute Gasteiger partial charge is 0.129 e. The third-order valence-corrected chi connectivity index (χ3v) is 4.88. The minimum absolute atomic E-state index is 0.295. The van der Waals surface area contributed by atoms with Crippen molar-refractivity contribution in [3.63, 3.8) is 0 Å². The fraction of sp³-hybridized carbons (Fsp3) is 0.400. The summed E-state index contributed by atoms with van der Waals surface area (Å²) in [6.07, 6.45) is 3.21. The summed E-state index contributed by atoms with van der Waals surface area (Å²) in [6.45, 7) is 5.27. The number of ether oxygens (including phenoxy) is 2. The first-order valence-electron chi connectivity index (χ1n) is 8.83. The predicted molar refractivity (Wildman–Crippen MR) is 98.8 cm³/mol. The molecule has 3 heterocycles. The van der Waals surface area contributed by atoms with Gasteiger partial charge in [-0.3, -0.25) is 4.99 Å². The van der Waals surface area contributed by atoms with Crippen LogP contribution in [0, 0.1) is 0 Å². The van der Waals surface area contributed by atoms with E-state index >= 15 is 0 Å². The van der Waals surface area contributed by atoms with Gasteiger partial charge in [0.25, 0.3) is 0 Å². The second kappa shape index (κ2) is 6.84. The summed E-state index contributed by atoms with van der Waals surface area (Å²) in [5.74, 6) is 1.89. The van der Waals surface area contributed by atoms with Crippen LogP contribution in [0.3, 0.4) is 0 Å². The average molecular weight is 337 g/mol. The van der Waals surface area contributed by atoms with Gasteiger partial charge in [-0.1, -0.05) is 6.07 Å². The van der Waals surface area contributed by atoms with Gasteiger partial charge in [0.15, 0.2) is 0 Å². The Balaban J connectivity index is 1.62. The Morgan fingerprint density at radius 2 is 2.16 bits per heavy atom. The largest absolute Gasteiger partial charge is 0.494 e. The van der Waals surface area contributed by atoms with E-state index in [0.29, 0.717) is 12.7 Å². The van der Waals surface area contributed by atoms with Crippen LogP contribution in [0.15, 0.2) is 41.5 Å². The Labute approximate surface area is 148 Å². The normalized spacial score (nSPS) is 19.0. The van der Waals surface area contributed by atoms with Crippen LogP contribution in [0.2, 0.25) is 0 Å². The number of anilines is 1. The molecule has 130 valence electrons. The molecule has 1 atom stereocenters. The number of fused-ring (bicyclic) bond motifs is 1. The number of methoxy groups -OCH3 is 1. The molecule has 0 spiro atoms. The Hall–Kier alpha value is -2.40. The zero-order valence-corrected chi connectivity index (χ0v) is 14.7. The molecular weight excluding hydrogens is 314 g/mol. The summed E-state index contributed by atoms with van der Waals surface area (Å²) in [6, 6.07) is 10.4. The topological polar surface area (TPSA) is 47.0 Å². The van der Waals surface area contributed by atoms with Crippen molar-refractivity contribution in [2.75, 3.05) is 31.7 Å².